The fraction of sp³-hybridized carbons (Fsp3) is 0.154. The molecule has 1 fully saturated rings. The first-order chi connectivity index (χ1) is 17.4. The van der Waals surface area contributed by atoms with Crippen molar-refractivity contribution < 1.29 is 24.0 Å². The minimum absolute atomic E-state index is 0.142. The quantitative estimate of drug-likeness (QED) is 0.163. The molecule has 0 spiro atoms. The maximum Gasteiger partial charge on any atom is 0.293 e. The van der Waals surface area contributed by atoms with Crippen LogP contribution in [0.3, 0.4) is 0 Å². The van der Waals surface area contributed by atoms with Gasteiger partial charge < -0.3 is 9.47 Å². The summed E-state index contributed by atoms with van der Waals surface area (Å²) in [7, 11) is 0. The van der Waals surface area contributed by atoms with Crippen LogP contribution in [0.4, 0.5) is 10.5 Å². The molecule has 0 saturated carbocycles. The number of carbonyl (C=O) groups is 2. The Morgan fingerprint density at radius 1 is 1.06 bits per heavy atom. The van der Waals surface area contributed by atoms with Gasteiger partial charge in [-0.25, -0.2) is 0 Å². The number of nitro groups is 1. The largest absolute Gasteiger partial charge is 0.490 e. The molecule has 1 aliphatic heterocycles. The van der Waals surface area contributed by atoms with Gasteiger partial charge in [0.05, 0.1) is 27.5 Å². The first-order valence-corrected chi connectivity index (χ1v) is 12.6. The second-order valence-corrected chi connectivity index (χ2v) is 9.54. The molecule has 3 aromatic rings. The Bertz CT molecular complexity index is 1350. The van der Waals surface area contributed by atoms with E-state index in [9.17, 15) is 19.7 Å². The molecule has 3 aromatic carbocycles. The first kappa shape index (κ1) is 25.5. The van der Waals surface area contributed by atoms with E-state index in [1.165, 1.54) is 18.2 Å². The zero-order chi connectivity index (χ0) is 25.7. The first-order valence-electron chi connectivity index (χ1n) is 11.0. The van der Waals surface area contributed by atoms with E-state index in [0.717, 1.165) is 22.2 Å². The zero-order valence-electron chi connectivity index (χ0n) is 19.2. The molecule has 10 heteroatoms. The summed E-state index contributed by atoms with van der Waals surface area (Å²) in [6.45, 7) is 2.43. The smallest absolute Gasteiger partial charge is 0.293 e. The second-order valence-electron chi connectivity index (χ2n) is 7.69. The Hall–Kier alpha value is -3.63. The van der Waals surface area contributed by atoms with Gasteiger partial charge in [-0.15, -0.1) is 0 Å². The van der Waals surface area contributed by atoms with E-state index in [2.05, 4.69) is 15.9 Å². The number of thioether (sulfide) groups is 1. The molecule has 0 N–H and O–H groups in total. The number of halogens is 1. The number of ether oxygens (including phenoxy) is 2. The van der Waals surface area contributed by atoms with Crippen molar-refractivity contribution in [1.29, 1.82) is 0 Å². The fourth-order valence-corrected chi connectivity index (χ4v) is 5.00. The highest BCUT2D eigenvalue weighted by Crippen LogP contribution is 2.40. The lowest BCUT2D eigenvalue weighted by Gasteiger charge is -2.15. The number of nitro benzene ring substituents is 1. The number of imide groups is 1. The molecule has 2 amide bonds. The lowest BCUT2D eigenvalue weighted by Crippen LogP contribution is -2.27. The van der Waals surface area contributed by atoms with Crippen molar-refractivity contribution in [3.05, 3.63) is 103 Å². The van der Waals surface area contributed by atoms with E-state index in [0.29, 0.717) is 34.7 Å². The number of rotatable bonds is 9. The van der Waals surface area contributed by atoms with Crippen molar-refractivity contribution in [2.75, 3.05) is 6.61 Å². The number of carbonyl (C=O) groups excluding carboxylic acids is 2. The van der Waals surface area contributed by atoms with Gasteiger partial charge in [0.15, 0.2) is 11.5 Å². The van der Waals surface area contributed by atoms with Gasteiger partial charge in [-0.05, 0) is 64.0 Å². The molecule has 0 aromatic heterocycles. The average Bonchev–Trinajstić information content (AvgIpc) is 3.12. The summed E-state index contributed by atoms with van der Waals surface area (Å²) in [4.78, 5) is 37.6. The van der Waals surface area contributed by atoms with E-state index < -0.39 is 16.1 Å². The Balaban J connectivity index is 1.57. The standard InChI is InChI=1S/C26H21BrN2O6S/c1-2-34-22-13-18(12-20(27)24(22)35-16-17-8-4-3-5-9-17)14-23-25(30)28(26(31)36-23)15-19-10-6-7-11-21(19)29(32)33/h3-14H,2,15-16H2,1H3/b23-14+. The molecule has 0 radical (unpaired) electrons. The third-order valence-electron chi connectivity index (χ3n) is 5.25. The molecule has 0 bridgehead atoms. The van der Waals surface area contributed by atoms with Gasteiger partial charge in [0.1, 0.15) is 6.61 Å². The molecule has 0 atom stereocenters. The van der Waals surface area contributed by atoms with Gasteiger partial charge in [-0.3, -0.25) is 24.6 Å². The van der Waals surface area contributed by atoms with E-state index in [4.69, 9.17) is 9.47 Å². The number of amides is 2. The van der Waals surface area contributed by atoms with Crippen molar-refractivity contribution in [3.63, 3.8) is 0 Å². The fourth-order valence-electron chi connectivity index (χ4n) is 3.58. The third kappa shape index (κ3) is 5.77. The number of nitrogens with zero attached hydrogens (tertiary/aromatic N) is 2. The molecule has 184 valence electrons. The SMILES string of the molecule is CCOc1cc(/C=C2/SC(=O)N(Cc3ccccc3[N+](=O)[O-])C2=O)cc(Br)c1OCc1ccccc1. The predicted molar refractivity (Wildman–Crippen MR) is 141 cm³/mol. The number of hydrogen-bond acceptors (Lipinski definition) is 7. The van der Waals surface area contributed by atoms with Gasteiger partial charge in [-0.2, -0.15) is 0 Å². The van der Waals surface area contributed by atoms with Gasteiger partial charge in [0.2, 0.25) is 0 Å². The molecule has 8 nitrogen and oxygen atoms in total. The maximum atomic E-state index is 13.0. The highest BCUT2D eigenvalue weighted by atomic mass is 79.9. The van der Waals surface area contributed by atoms with Crippen molar-refractivity contribution in [2.45, 2.75) is 20.1 Å². The number of para-hydroxylation sites is 1. The molecular formula is C26H21BrN2O6S. The van der Waals surface area contributed by atoms with Crippen LogP contribution in [0.15, 0.2) is 76.1 Å². The van der Waals surface area contributed by atoms with Crippen LogP contribution in [-0.4, -0.2) is 27.6 Å². The third-order valence-corrected chi connectivity index (χ3v) is 6.74. The minimum atomic E-state index is -0.529. The summed E-state index contributed by atoms with van der Waals surface area (Å²) in [6, 6.07) is 19.3. The van der Waals surface area contributed by atoms with Gasteiger partial charge >= 0.3 is 0 Å². The average molecular weight is 569 g/mol. The lowest BCUT2D eigenvalue weighted by atomic mass is 10.1. The Morgan fingerprint density at radius 3 is 2.50 bits per heavy atom. The Morgan fingerprint density at radius 2 is 1.78 bits per heavy atom. The summed E-state index contributed by atoms with van der Waals surface area (Å²) in [5.74, 6) is 0.511. The summed E-state index contributed by atoms with van der Waals surface area (Å²) in [5, 5.41) is 10.8. The normalized spacial score (nSPS) is 14.4. The molecule has 1 saturated heterocycles. The predicted octanol–water partition coefficient (Wildman–Crippen LogP) is 6.57. The van der Waals surface area contributed by atoms with Crippen molar-refractivity contribution in [1.82, 2.24) is 4.90 Å². The van der Waals surface area contributed by atoms with Crippen molar-refractivity contribution in [3.8, 4) is 11.5 Å². The van der Waals surface area contributed by atoms with E-state index in [1.54, 1.807) is 24.3 Å². The molecule has 1 aliphatic rings. The van der Waals surface area contributed by atoms with Crippen LogP contribution in [0.2, 0.25) is 0 Å². The van der Waals surface area contributed by atoms with Crippen LogP contribution in [0.25, 0.3) is 6.08 Å². The highest BCUT2D eigenvalue weighted by Gasteiger charge is 2.36. The summed E-state index contributed by atoms with van der Waals surface area (Å²) < 4.78 is 12.4. The molecule has 36 heavy (non-hydrogen) atoms. The number of benzene rings is 3. The molecule has 4 rings (SSSR count). The minimum Gasteiger partial charge on any atom is -0.490 e. The summed E-state index contributed by atoms with van der Waals surface area (Å²) in [6.07, 6.45) is 1.60. The molecule has 0 unspecified atom stereocenters. The summed E-state index contributed by atoms with van der Waals surface area (Å²) in [5.41, 5.74) is 1.78. The second kappa shape index (κ2) is 11.4. The van der Waals surface area contributed by atoms with Crippen LogP contribution >= 0.6 is 27.7 Å². The zero-order valence-corrected chi connectivity index (χ0v) is 21.6. The van der Waals surface area contributed by atoms with Gasteiger partial charge in [0, 0.05) is 11.6 Å². The lowest BCUT2D eigenvalue weighted by molar-refractivity contribution is -0.385. The van der Waals surface area contributed by atoms with Crippen LogP contribution in [0.5, 0.6) is 11.5 Å². The molecular weight excluding hydrogens is 548 g/mol. The topological polar surface area (TPSA) is 99.0 Å². The van der Waals surface area contributed by atoms with Crippen LogP contribution in [0, 0.1) is 10.1 Å². The Kier molecular flexibility index (Phi) is 8.07. The van der Waals surface area contributed by atoms with Crippen molar-refractivity contribution in [2.24, 2.45) is 0 Å². The van der Waals surface area contributed by atoms with Crippen LogP contribution < -0.4 is 9.47 Å². The van der Waals surface area contributed by atoms with Crippen molar-refractivity contribution >= 4 is 50.6 Å². The van der Waals surface area contributed by atoms with E-state index in [-0.39, 0.29) is 22.7 Å². The summed E-state index contributed by atoms with van der Waals surface area (Å²) >= 11 is 4.32. The number of hydrogen-bond donors (Lipinski definition) is 0. The monoisotopic (exact) mass is 568 g/mol. The maximum absolute atomic E-state index is 13.0. The Labute approximate surface area is 220 Å². The van der Waals surface area contributed by atoms with Gasteiger partial charge in [0.25, 0.3) is 16.8 Å². The highest BCUT2D eigenvalue weighted by molar-refractivity contribution is 9.10. The van der Waals surface area contributed by atoms with E-state index in [1.807, 2.05) is 37.3 Å². The van der Waals surface area contributed by atoms with Gasteiger partial charge in [-0.1, -0.05) is 48.5 Å². The molecule has 0 aliphatic carbocycles. The van der Waals surface area contributed by atoms with E-state index >= 15 is 0 Å². The van der Waals surface area contributed by atoms with Crippen LogP contribution in [-0.2, 0) is 17.9 Å². The molecule has 1 heterocycles. The van der Waals surface area contributed by atoms with Crippen LogP contribution in [0.1, 0.15) is 23.6 Å².